The molecule has 0 spiro atoms. The Morgan fingerprint density at radius 1 is 0.833 bits per heavy atom. The van der Waals surface area contributed by atoms with E-state index in [-0.39, 0.29) is 11.5 Å². The van der Waals surface area contributed by atoms with Gasteiger partial charge in [-0.3, -0.25) is 4.31 Å². The number of fused-ring (bicyclic) bond motifs is 3. The number of aliphatic hydroxyl groups is 1. The molecule has 0 saturated heterocycles. The molecule has 184 valence electrons. The summed E-state index contributed by atoms with van der Waals surface area (Å²) in [5.74, 6) is 0.557. The van der Waals surface area contributed by atoms with Gasteiger partial charge in [-0.15, -0.1) is 0 Å². The molecule has 1 aromatic heterocycles. The zero-order valence-electron chi connectivity index (χ0n) is 20.2. The van der Waals surface area contributed by atoms with Crippen LogP contribution >= 0.6 is 0 Å². The topological polar surface area (TPSA) is 71.8 Å². The molecule has 0 aliphatic heterocycles. The highest BCUT2D eigenvalue weighted by molar-refractivity contribution is 7.92. The predicted molar refractivity (Wildman–Crippen MR) is 144 cm³/mol. The largest absolute Gasteiger partial charge is 0.491 e. The summed E-state index contributed by atoms with van der Waals surface area (Å²) in [6, 6.07) is 29.9. The van der Waals surface area contributed by atoms with E-state index < -0.39 is 16.1 Å². The molecule has 1 N–H and O–H groups in total. The third kappa shape index (κ3) is 4.55. The maximum absolute atomic E-state index is 12.9. The molecule has 0 unspecified atom stereocenters. The first-order chi connectivity index (χ1) is 17.3. The number of hydrogen-bond donors (Lipinski definition) is 1. The molecule has 0 aliphatic rings. The lowest BCUT2D eigenvalue weighted by atomic mass is 10.2. The number of aryl methyl sites for hydroxylation is 1. The minimum atomic E-state index is -3.66. The quantitative estimate of drug-likeness (QED) is 0.311. The number of para-hydroxylation sites is 2. The molecule has 0 amide bonds. The zero-order valence-corrected chi connectivity index (χ0v) is 21.0. The van der Waals surface area contributed by atoms with Crippen molar-refractivity contribution in [1.82, 2.24) is 4.57 Å². The lowest BCUT2D eigenvalue weighted by Crippen LogP contribution is -2.26. The van der Waals surface area contributed by atoms with Gasteiger partial charge in [0.05, 0.1) is 17.1 Å². The molecule has 0 fully saturated rings. The maximum atomic E-state index is 12.9. The molecule has 7 heteroatoms. The molecule has 5 rings (SSSR count). The Bertz CT molecular complexity index is 1550. The van der Waals surface area contributed by atoms with Crippen molar-refractivity contribution in [3.8, 4) is 5.75 Å². The van der Waals surface area contributed by atoms with Gasteiger partial charge in [0, 0.05) is 28.9 Å². The van der Waals surface area contributed by atoms with Gasteiger partial charge in [0.2, 0.25) is 0 Å². The standard InChI is InChI=1S/C29H28N2O4S/c1-21-11-17-25(18-12-21)36(33,34)30(2)22-13-15-24(16-14-22)35-20-23(32)19-31-28-9-5-3-7-26(28)27-8-4-6-10-29(27)31/h3-18,23,32H,19-20H2,1-2H3/t23-/m0/s1. The molecule has 36 heavy (non-hydrogen) atoms. The minimum Gasteiger partial charge on any atom is -0.491 e. The van der Waals surface area contributed by atoms with Crippen molar-refractivity contribution in [1.29, 1.82) is 0 Å². The molecular formula is C29H28N2O4S. The van der Waals surface area contributed by atoms with E-state index >= 15 is 0 Å². The number of aromatic nitrogens is 1. The number of nitrogens with zero attached hydrogens (tertiary/aromatic N) is 2. The van der Waals surface area contributed by atoms with Crippen molar-refractivity contribution in [2.24, 2.45) is 0 Å². The number of ether oxygens (including phenoxy) is 1. The highest BCUT2D eigenvalue weighted by Gasteiger charge is 2.21. The fraction of sp³-hybridized carbons (Fsp3) is 0.172. The van der Waals surface area contributed by atoms with Gasteiger partial charge in [-0.2, -0.15) is 0 Å². The Hall–Kier alpha value is -3.81. The van der Waals surface area contributed by atoms with Gasteiger partial charge < -0.3 is 14.4 Å². The summed E-state index contributed by atoms with van der Waals surface area (Å²) >= 11 is 0. The second kappa shape index (κ2) is 9.68. The summed E-state index contributed by atoms with van der Waals surface area (Å²) in [6.07, 6.45) is -0.728. The van der Waals surface area contributed by atoms with Crippen LogP contribution in [0.3, 0.4) is 0 Å². The van der Waals surface area contributed by atoms with E-state index in [9.17, 15) is 13.5 Å². The Morgan fingerprint density at radius 3 is 1.97 bits per heavy atom. The zero-order chi connectivity index (χ0) is 25.3. The average Bonchev–Trinajstić information content (AvgIpc) is 3.21. The summed E-state index contributed by atoms with van der Waals surface area (Å²) in [4.78, 5) is 0.240. The number of benzene rings is 4. The number of rotatable bonds is 8. The lowest BCUT2D eigenvalue weighted by Gasteiger charge is -2.20. The highest BCUT2D eigenvalue weighted by atomic mass is 32.2. The van der Waals surface area contributed by atoms with Crippen molar-refractivity contribution in [3.63, 3.8) is 0 Å². The van der Waals surface area contributed by atoms with Gasteiger partial charge in [-0.1, -0.05) is 54.1 Å². The van der Waals surface area contributed by atoms with Crippen molar-refractivity contribution in [3.05, 3.63) is 103 Å². The molecule has 0 saturated carbocycles. The smallest absolute Gasteiger partial charge is 0.264 e. The molecule has 5 aromatic rings. The number of anilines is 1. The third-order valence-corrected chi connectivity index (χ3v) is 8.20. The SMILES string of the molecule is Cc1ccc(S(=O)(=O)N(C)c2ccc(OC[C@@H](O)Cn3c4ccccc4c4ccccc43)cc2)cc1. The van der Waals surface area contributed by atoms with Crippen LogP contribution in [0.15, 0.2) is 102 Å². The Balaban J connectivity index is 1.26. The van der Waals surface area contributed by atoms with E-state index in [4.69, 9.17) is 4.74 Å². The average molecular weight is 501 g/mol. The van der Waals surface area contributed by atoms with Crippen LogP contribution in [-0.2, 0) is 16.6 Å². The first-order valence-corrected chi connectivity index (χ1v) is 13.2. The molecule has 0 aliphatic carbocycles. The van der Waals surface area contributed by atoms with Crippen molar-refractivity contribution < 1.29 is 18.3 Å². The molecule has 0 radical (unpaired) electrons. The second-order valence-electron chi connectivity index (χ2n) is 8.89. The monoisotopic (exact) mass is 500 g/mol. The summed E-state index contributed by atoms with van der Waals surface area (Å²) in [7, 11) is -2.13. The van der Waals surface area contributed by atoms with Crippen LogP contribution in [0.25, 0.3) is 21.8 Å². The van der Waals surface area contributed by atoms with Crippen LogP contribution in [0, 0.1) is 6.92 Å². The van der Waals surface area contributed by atoms with E-state index in [1.165, 1.54) is 11.4 Å². The van der Waals surface area contributed by atoms with Crippen LogP contribution in [0.1, 0.15) is 5.56 Å². The van der Waals surface area contributed by atoms with Crippen LogP contribution in [0.4, 0.5) is 5.69 Å². The fourth-order valence-electron chi connectivity index (χ4n) is 4.42. The third-order valence-electron chi connectivity index (χ3n) is 6.40. The van der Waals surface area contributed by atoms with E-state index in [0.717, 1.165) is 27.4 Å². The molecule has 6 nitrogen and oxygen atoms in total. The number of aliphatic hydroxyl groups excluding tert-OH is 1. The second-order valence-corrected chi connectivity index (χ2v) is 10.9. The molecule has 1 atom stereocenters. The van der Waals surface area contributed by atoms with Crippen molar-refractivity contribution in [2.75, 3.05) is 18.0 Å². The predicted octanol–water partition coefficient (Wildman–Crippen LogP) is 5.37. The summed E-state index contributed by atoms with van der Waals surface area (Å²) in [6.45, 7) is 2.42. The Kier molecular flexibility index (Phi) is 6.43. The van der Waals surface area contributed by atoms with E-state index in [0.29, 0.717) is 18.0 Å². The molecule has 4 aromatic carbocycles. The number of hydrogen-bond acceptors (Lipinski definition) is 4. The van der Waals surface area contributed by atoms with E-state index in [1.807, 2.05) is 31.2 Å². The van der Waals surface area contributed by atoms with Crippen molar-refractivity contribution in [2.45, 2.75) is 24.5 Å². The van der Waals surface area contributed by atoms with Crippen LogP contribution < -0.4 is 9.04 Å². The van der Waals surface area contributed by atoms with Gasteiger partial charge >= 0.3 is 0 Å². The van der Waals surface area contributed by atoms with Crippen LogP contribution in [-0.4, -0.2) is 37.8 Å². The Morgan fingerprint density at radius 2 is 1.39 bits per heavy atom. The highest BCUT2D eigenvalue weighted by Crippen LogP contribution is 2.29. The molecule has 0 bridgehead atoms. The fourth-order valence-corrected chi connectivity index (χ4v) is 5.61. The van der Waals surface area contributed by atoms with Crippen LogP contribution in [0.5, 0.6) is 5.75 Å². The number of sulfonamides is 1. The molecular weight excluding hydrogens is 472 g/mol. The lowest BCUT2D eigenvalue weighted by molar-refractivity contribution is 0.0945. The Labute approximate surface area is 211 Å². The first-order valence-electron chi connectivity index (χ1n) is 11.8. The summed E-state index contributed by atoms with van der Waals surface area (Å²) in [5.41, 5.74) is 3.66. The summed E-state index contributed by atoms with van der Waals surface area (Å²) < 4.78 is 35.1. The minimum absolute atomic E-state index is 0.109. The van der Waals surface area contributed by atoms with Gasteiger partial charge in [0.25, 0.3) is 10.0 Å². The molecule has 1 heterocycles. The normalized spacial score (nSPS) is 12.6. The van der Waals surface area contributed by atoms with Gasteiger partial charge in [0.1, 0.15) is 18.5 Å². The first kappa shape index (κ1) is 23.9. The van der Waals surface area contributed by atoms with Gasteiger partial charge in [0.15, 0.2) is 0 Å². The van der Waals surface area contributed by atoms with E-state index in [2.05, 4.69) is 28.8 Å². The maximum Gasteiger partial charge on any atom is 0.264 e. The van der Waals surface area contributed by atoms with Gasteiger partial charge in [-0.05, 0) is 55.5 Å². The van der Waals surface area contributed by atoms with Gasteiger partial charge in [-0.25, -0.2) is 8.42 Å². The van der Waals surface area contributed by atoms with Crippen LogP contribution in [0.2, 0.25) is 0 Å². The van der Waals surface area contributed by atoms with Crippen molar-refractivity contribution >= 4 is 37.5 Å². The summed E-state index contributed by atoms with van der Waals surface area (Å²) in [5, 5.41) is 13.1. The van der Waals surface area contributed by atoms with E-state index in [1.54, 1.807) is 48.5 Å².